The van der Waals surface area contributed by atoms with Gasteiger partial charge in [-0.1, -0.05) is 0 Å². The molecule has 0 amide bonds. The molecular weight excluding hydrogens is 664 g/mol. The molecule has 6 rings (SSSR count). The minimum absolute atomic E-state index is 0. The zero-order chi connectivity index (χ0) is 35.1. The normalized spacial score (nSPS) is 10.2. The molecule has 0 saturated heterocycles. The molecular formula is C40H42F4N2O2Ti. The van der Waals surface area contributed by atoms with E-state index in [9.17, 15) is 17.6 Å². The molecule has 0 radical (unpaired) electrons. The van der Waals surface area contributed by atoms with E-state index in [1.807, 2.05) is 114 Å². The van der Waals surface area contributed by atoms with Crippen LogP contribution in [0.25, 0.3) is 11.4 Å². The van der Waals surface area contributed by atoms with Gasteiger partial charge in [0.1, 0.15) is 0 Å². The standard InChI is InChI=1S/2C15H16F2NO.2C5H5.Ti/c2*1-4-19-9-12-7-10(2)18(11(12)3)15-6-5-13(16)8-14(15)17;2*1-2-4-5-3-1;/h2*5-7H,4,9H2,1-3H3;2*1-5H;/q4*-1;+4. The Bertz CT molecular complexity index is 1630. The van der Waals surface area contributed by atoms with E-state index < -0.39 is 23.3 Å². The summed E-state index contributed by atoms with van der Waals surface area (Å²) in [5, 5.41) is 0. The van der Waals surface area contributed by atoms with Gasteiger partial charge in [-0.2, -0.15) is 36.4 Å². The van der Waals surface area contributed by atoms with Gasteiger partial charge < -0.3 is 18.6 Å². The fourth-order valence-corrected chi connectivity index (χ4v) is 4.97. The summed E-state index contributed by atoms with van der Waals surface area (Å²) in [6.45, 7) is 13.6. The van der Waals surface area contributed by atoms with Gasteiger partial charge in [-0.05, 0) is 76.2 Å². The van der Waals surface area contributed by atoms with Gasteiger partial charge in [0, 0.05) is 59.3 Å². The quantitative estimate of drug-likeness (QED) is 0.0896. The zero-order valence-electron chi connectivity index (χ0n) is 28.8. The molecule has 2 aromatic heterocycles. The number of hydrogen-bond acceptors (Lipinski definition) is 2. The van der Waals surface area contributed by atoms with Crippen LogP contribution in [0.15, 0.2) is 97.1 Å². The largest absolute Gasteiger partial charge is 4.00 e. The number of aromatic nitrogens is 2. The van der Waals surface area contributed by atoms with Gasteiger partial charge in [0.15, 0.2) is 0 Å². The summed E-state index contributed by atoms with van der Waals surface area (Å²) in [6.07, 6.45) is 0. The predicted molar refractivity (Wildman–Crippen MR) is 183 cm³/mol. The molecule has 6 aromatic rings. The van der Waals surface area contributed by atoms with Crippen molar-refractivity contribution in [3.63, 3.8) is 0 Å². The number of benzene rings is 2. The van der Waals surface area contributed by atoms with Gasteiger partial charge in [-0.25, -0.2) is 41.8 Å². The van der Waals surface area contributed by atoms with Gasteiger partial charge in [0.2, 0.25) is 0 Å². The SMILES string of the molecule is CCOCc1cc(C)n(-c2ccc(F)[c-]c2F)c1C.CCOCc1cc(C)n(-c2ccc(F)[c-]c2F)c1C.[Ti+4].c1cc[cH-]c1.c1cc[cH-]c1. The van der Waals surface area contributed by atoms with E-state index in [1.165, 1.54) is 24.3 Å². The van der Waals surface area contributed by atoms with E-state index in [-0.39, 0.29) is 21.7 Å². The summed E-state index contributed by atoms with van der Waals surface area (Å²) >= 11 is 0. The maximum Gasteiger partial charge on any atom is 4.00 e. The van der Waals surface area contributed by atoms with Crippen molar-refractivity contribution in [2.24, 2.45) is 0 Å². The third-order valence-electron chi connectivity index (χ3n) is 7.27. The van der Waals surface area contributed by atoms with E-state index in [2.05, 4.69) is 12.1 Å². The molecule has 9 heteroatoms. The smallest absolute Gasteiger partial charge is 0.377 e. The predicted octanol–water partition coefficient (Wildman–Crippen LogP) is 10.2. The van der Waals surface area contributed by atoms with Crippen LogP contribution in [-0.2, 0) is 44.4 Å². The molecule has 0 bridgehead atoms. The van der Waals surface area contributed by atoms with Crippen LogP contribution < -0.4 is 0 Å². The first-order valence-corrected chi connectivity index (χ1v) is 15.7. The summed E-state index contributed by atoms with van der Waals surface area (Å²) < 4.78 is 67.7. The van der Waals surface area contributed by atoms with Crippen LogP contribution in [-0.4, -0.2) is 22.3 Å². The molecule has 0 aliphatic heterocycles. The zero-order valence-corrected chi connectivity index (χ0v) is 30.4. The van der Waals surface area contributed by atoms with Crippen molar-refractivity contribution in [3.05, 3.63) is 166 Å². The van der Waals surface area contributed by atoms with Crippen molar-refractivity contribution in [2.75, 3.05) is 13.2 Å². The van der Waals surface area contributed by atoms with Crippen LogP contribution in [0.1, 0.15) is 47.8 Å². The molecule has 256 valence electrons. The van der Waals surface area contributed by atoms with Crippen LogP contribution in [0.2, 0.25) is 0 Å². The van der Waals surface area contributed by atoms with Gasteiger partial charge in [-0.15, -0.1) is 36.4 Å². The topological polar surface area (TPSA) is 28.3 Å². The van der Waals surface area contributed by atoms with Crippen LogP contribution in [0.3, 0.4) is 0 Å². The Labute approximate surface area is 302 Å². The van der Waals surface area contributed by atoms with E-state index in [0.717, 1.165) is 33.9 Å². The number of halogens is 4. The maximum atomic E-state index is 13.8. The Kier molecular flexibility index (Phi) is 17.8. The molecule has 49 heavy (non-hydrogen) atoms. The number of aryl methyl sites for hydroxylation is 2. The molecule has 4 aromatic carbocycles. The molecule has 0 spiro atoms. The summed E-state index contributed by atoms with van der Waals surface area (Å²) in [4.78, 5) is 0. The number of hydrogen-bond donors (Lipinski definition) is 0. The van der Waals surface area contributed by atoms with Crippen LogP contribution in [0.4, 0.5) is 17.6 Å². The van der Waals surface area contributed by atoms with Crippen molar-refractivity contribution in [3.8, 4) is 11.4 Å². The molecule has 0 unspecified atom stereocenters. The van der Waals surface area contributed by atoms with E-state index >= 15 is 0 Å². The molecule has 0 fully saturated rings. The summed E-state index contributed by atoms with van der Waals surface area (Å²) in [5.41, 5.74) is 6.16. The Hall–Kier alpha value is -3.95. The second-order valence-electron chi connectivity index (χ2n) is 10.7. The van der Waals surface area contributed by atoms with Gasteiger partial charge >= 0.3 is 21.7 Å². The van der Waals surface area contributed by atoms with Crippen molar-refractivity contribution in [1.82, 2.24) is 9.13 Å². The molecule has 0 aliphatic carbocycles. The Morgan fingerprint density at radius 2 is 0.939 bits per heavy atom. The first-order chi connectivity index (χ1) is 23.1. The maximum absolute atomic E-state index is 13.8. The number of rotatable bonds is 8. The van der Waals surface area contributed by atoms with Gasteiger partial charge in [-0.3, -0.25) is 0 Å². The minimum atomic E-state index is -0.696. The van der Waals surface area contributed by atoms with Gasteiger partial charge in [0.25, 0.3) is 0 Å². The second-order valence-corrected chi connectivity index (χ2v) is 10.7. The first-order valence-electron chi connectivity index (χ1n) is 15.7. The second kappa shape index (κ2) is 21.2. The third kappa shape index (κ3) is 12.2. The Balaban J connectivity index is 0.000000260. The summed E-state index contributed by atoms with van der Waals surface area (Å²) in [6, 6.07) is 33.3. The average Bonchev–Trinajstić information content (AvgIpc) is 3.89. The van der Waals surface area contributed by atoms with Crippen molar-refractivity contribution in [2.45, 2.75) is 54.8 Å². The molecule has 0 atom stereocenters. The first kappa shape index (κ1) is 41.2. The average molecular weight is 707 g/mol. The Morgan fingerprint density at radius 3 is 1.20 bits per heavy atom. The number of nitrogens with zero attached hydrogens (tertiary/aromatic N) is 2. The Morgan fingerprint density at radius 1 is 0.592 bits per heavy atom. The molecule has 0 aliphatic rings. The fraction of sp³-hybridized carbons (Fsp3) is 0.250. The van der Waals surface area contributed by atoms with Crippen LogP contribution >= 0.6 is 0 Å². The van der Waals surface area contributed by atoms with E-state index in [4.69, 9.17) is 9.47 Å². The van der Waals surface area contributed by atoms with Crippen molar-refractivity contribution >= 4 is 0 Å². The van der Waals surface area contributed by atoms with E-state index in [0.29, 0.717) is 37.8 Å². The van der Waals surface area contributed by atoms with E-state index in [1.54, 1.807) is 9.13 Å². The molecule has 4 nitrogen and oxygen atoms in total. The van der Waals surface area contributed by atoms with Gasteiger partial charge in [0.05, 0.1) is 13.2 Å². The minimum Gasteiger partial charge on any atom is -0.377 e. The summed E-state index contributed by atoms with van der Waals surface area (Å²) in [5.74, 6) is -2.77. The monoisotopic (exact) mass is 706 g/mol. The van der Waals surface area contributed by atoms with Crippen LogP contribution in [0.5, 0.6) is 0 Å². The van der Waals surface area contributed by atoms with Crippen LogP contribution in [0, 0.1) is 63.1 Å². The molecule has 2 heterocycles. The van der Waals surface area contributed by atoms with Crippen molar-refractivity contribution in [1.29, 1.82) is 0 Å². The fourth-order valence-electron chi connectivity index (χ4n) is 4.97. The molecule has 0 N–H and O–H groups in total. The van der Waals surface area contributed by atoms with Crippen molar-refractivity contribution < 1.29 is 48.8 Å². The summed E-state index contributed by atoms with van der Waals surface area (Å²) in [7, 11) is 0. The molecule has 0 saturated carbocycles. The third-order valence-corrected chi connectivity index (χ3v) is 7.27. The number of ether oxygens (including phenoxy) is 2.